The Bertz CT molecular complexity index is 754. The fourth-order valence-corrected chi connectivity index (χ4v) is 4.84. The van der Waals surface area contributed by atoms with Gasteiger partial charge in [0.15, 0.2) is 4.34 Å². The van der Waals surface area contributed by atoms with Gasteiger partial charge < -0.3 is 0 Å². The van der Waals surface area contributed by atoms with Gasteiger partial charge in [-0.2, -0.15) is 0 Å². The maximum Gasteiger partial charge on any atom is 0.151 e. The zero-order valence-electron chi connectivity index (χ0n) is 10.6. The summed E-state index contributed by atoms with van der Waals surface area (Å²) >= 11 is 15.6. The molecule has 0 saturated carbocycles. The molecule has 1 nitrogen and oxygen atoms in total. The lowest BCUT2D eigenvalue weighted by Crippen LogP contribution is -1.88. The van der Waals surface area contributed by atoms with Gasteiger partial charge in [0.05, 0.1) is 10.2 Å². The van der Waals surface area contributed by atoms with Gasteiger partial charge in [0.1, 0.15) is 0 Å². The van der Waals surface area contributed by atoms with E-state index in [9.17, 15) is 0 Å². The Kier molecular flexibility index (Phi) is 4.22. The van der Waals surface area contributed by atoms with Gasteiger partial charge in [0.25, 0.3) is 0 Å². The van der Waals surface area contributed by atoms with E-state index in [-0.39, 0.29) is 5.25 Å². The van der Waals surface area contributed by atoms with Crippen molar-refractivity contribution < 1.29 is 0 Å². The molecule has 0 aliphatic carbocycles. The minimum atomic E-state index is 0.264. The van der Waals surface area contributed by atoms with Crippen LogP contribution in [0.5, 0.6) is 0 Å². The number of halogens is 2. The van der Waals surface area contributed by atoms with Crippen LogP contribution in [0.2, 0.25) is 10.0 Å². The lowest BCUT2D eigenvalue weighted by Gasteiger charge is -2.10. The number of hydrogen-bond donors (Lipinski definition) is 0. The third-order valence-electron chi connectivity index (χ3n) is 2.95. The van der Waals surface area contributed by atoms with E-state index in [4.69, 9.17) is 23.2 Å². The summed E-state index contributed by atoms with van der Waals surface area (Å²) in [6.45, 7) is 2.14. The minimum Gasteiger partial charge on any atom is -0.230 e. The third kappa shape index (κ3) is 2.96. The highest BCUT2D eigenvalue weighted by Gasteiger charge is 2.13. The Morgan fingerprint density at radius 2 is 1.95 bits per heavy atom. The first-order chi connectivity index (χ1) is 9.63. The standard InChI is InChI=1S/C15H11Cl2NS2/c1-9(11-4-2-3-5-12(11)17)19-15-18-13-8-10(16)6-7-14(13)20-15/h2-9H,1H3/t9-/m1/s1. The van der Waals surface area contributed by atoms with Crippen LogP contribution in [0.4, 0.5) is 0 Å². The molecular weight excluding hydrogens is 329 g/mol. The molecular formula is C15H11Cl2NS2. The lowest BCUT2D eigenvalue weighted by molar-refractivity contribution is 1.09. The summed E-state index contributed by atoms with van der Waals surface area (Å²) in [7, 11) is 0. The Balaban J connectivity index is 1.87. The van der Waals surface area contributed by atoms with Gasteiger partial charge in [-0.05, 0) is 36.8 Å². The van der Waals surface area contributed by atoms with E-state index in [0.717, 1.165) is 30.2 Å². The van der Waals surface area contributed by atoms with E-state index in [2.05, 4.69) is 18.0 Å². The number of fused-ring (bicyclic) bond motifs is 1. The molecule has 0 aliphatic rings. The van der Waals surface area contributed by atoms with Crippen molar-refractivity contribution >= 4 is 56.5 Å². The highest BCUT2D eigenvalue weighted by atomic mass is 35.5. The first kappa shape index (κ1) is 14.2. The quantitative estimate of drug-likeness (QED) is 0.508. The molecule has 0 N–H and O–H groups in total. The first-order valence-electron chi connectivity index (χ1n) is 6.10. The number of rotatable bonds is 3. The third-order valence-corrected chi connectivity index (χ3v) is 5.80. The molecule has 3 rings (SSSR count). The Labute approximate surface area is 135 Å². The monoisotopic (exact) mass is 339 g/mol. The van der Waals surface area contributed by atoms with Crippen LogP contribution in [-0.4, -0.2) is 4.98 Å². The number of thiazole rings is 1. The van der Waals surface area contributed by atoms with E-state index in [1.807, 2.05) is 36.4 Å². The van der Waals surface area contributed by atoms with Gasteiger partial charge >= 0.3 is 0 Å². The maximum absolute atomic E-state index is 6.24. The fraction of sp³-hybridized carbons (Fsp3) is 0.133. The summed E-state index contributed by atoms with van der Waals surface area (Å²) in [5, 5.41) is 1.79. The van der Waals surface area contributed by atoms with Gasteiger partial charge in [0, 0.05) is 15.3 Å². The van der Waals surface area contributed by atoms with Gasteiger partial charge in [-0.15, -0.1) is 11.3 Å². The van der Waals surface area contributed by atoms with Crippen LogP contribution in [0, 0.1) is 0 Å². The highest BCUT2D eigenvalue weighted by molar-refractivity contribution is 8.01. The van der Waals surface area contributed by atoms with Crippen LogP contribution >= 0.6 is 46.3 Å². The van der Waals surface area contributed by atoms with Gasteiger partial charge in [-0.25, -0.2) is 4.98 Å². The molecule has 0 amide bonds. The number of aromatic nitrogens is 1. The van der Waals surface area contributed by atoms with Gasteiger partial charge in [0.2, 0.25) is 0 Å². The predicted molar refractivity (Wildman–Crippen MR) is 90.4 cm³/mol. The van der Waals surface area contributed by atoms with Crippen LogP contribution in [0.25, 0.3) is 10.2 Å². The molecule has 0 fully saturated rings. The van der Waals surface area contributed by atoms with Crippen molar-refractivity contribution in [3.05, 3.63) is 58.1 Å². The van der Waals surface area contributed by atoms with Crippen LogP contribution in [0.15, 0.2) is 46.8 Å². The fourth-order valence-electron chi connectivity index (χ4n) is 1.95. The molecule has 3 aromatic rings. The Morgan fingerprint density at radius 1 is 1.15 bits per heavy atom. The molecule has 0 unspecified atom stereocenters. The normalized spacial score (nSPS) is 12.8. The van der Waals surface area contributed by atoms with Gasteiger partial charge in [-0.3, -0.25) is 0 Å². The SMILES string of the molecule is C[C@@H](Sc1nc2cc(Cl)ccc2s1)c1ccccc1Cl. The molecule has 20 heavy (non-hydrogen) atoms. The summed E-state index contributed by atoms with van der Waals surface area (Å²) in [5.41, 5.74) is 2.09. The molecule has 2 aromatic carbocycles. The molecule has 0 spiro atoms. The lowest BCUT2D eigenvalue weighted by atomic mass is 10.2. The van der Waals surface area contributed by atoms with Crippen LogP contribution in [0.3, 0.4) is 0 Å². The molecule has 0 bridgehead atoms. The molecule has 5 heteroatoms. The molecule has 1 heterocycles. The Hall–Kier alpha value is -0.740. The smallest absolute Gasteiger partial charge is 0.151 e. The van der Waals surface area contributed by atoms with E-state index in [1.165, 1.54) is 0 Å². The average molecular weight is 340 g/mol. The topological polar surface area (TPSA) is 12.9 Å². The zero-order chi connectivity index (χ0) is 14.1. The Morgan fingerprint density at radius 3 is 2.75 bits per heavy atom. The van der Waals surface area contributed by atoms with E-state index < -0.39 is 0 Å². The van der Waals surface area contributed by atoms with Crippen molar-refractivity contribution in [1.29, 1.82) is 0 Å². The second kappa shape index (κ2) is 5.94. The highest BCUT2D eigenvalue weighted by Crippen LogP contribution is 2.41. The largest absolute Gasteiger partial charge is 0.230 e. The van der Waals surface area contributed by atoms with Crippen molar-refractivity contribution in [2.45, 2.75) is 16.5 Å². The zero-order valence-corrected chi connectivity index (χ0v) is 13.8. The molecule has 0 radical (unpaired) electrons. The van der Waals surface area contributed by atoms with E-state index in [1.54, 1.807) is 23.1 Å². The van der Waals surface area contributed by atoms with Crippen molar-refractivity contribution in [2.24, 2.45) is 0 Å². The maximum atomic E-state index is 6.24. The predicted octanol–water partition coefficient (Wildman–Crippen LogP) is 6.46. The summed E-state index contributed by atoms with van der Waals surface area (Å²) < 4.78 is 2.19. The molecule has 0 aliphatic heterocycles. The number of nitrogens with zero attached hydrogens (tertiary/aromatic N) is 1. The second-order valence-corrected chi connectivity index (χ2v) is 7.84. The van der Waals surface area contributed by atoms with E-state index >= 15 is 0 Å². The number of hydrogen-bond acceptors (Lipinski definition) is 3. The van der Waals surface area contributed by atoms with Crippen molar-refractivity contribution in [3.63, 3.8) is 0 Å². The molecule has 0 saturated heterocycles. The van der Waals surface area contributed by atoms with E-state index in [0.29, 0.717) is 0 Å². The number of thioether (sulfide) groups is 1. The van der Waals surface area contributed by atoms with Crippen LogP contribution < -0.4 is 0 Å². The molecule has 1 aromatic heterocycles. The van der Waals surface area contributed by atoms with Crippen LogP contribution in [-0.2, 0) is 0 Å². The average Bonchev–Trinajstić information content (AvgIpc) is 2.80. The molecule has 1 atom stereocenters. The summed E-state index contributed by atoms with van der Waals surface area (Å²) in [5.74, 6) is 0. The second-order valence-electron chi connectivity index (χ2n) is 4.37. The summed E-state index contributed by atoms with van der Waals surface area (Å²) in [4.78, 5) is 4.62. The summed E-state index contributed by atoms with van der Waals surface area (Å²) in [6, 6.07) is 13.8. The van der Waals surface area contributed by atoms with Gasteiger partial charge in [-0.1, -0.05) is 53.2 Å². The first-order valence-corrected chi connectivity index (χ1v) is 8.56. The molecule has 102 valence electrons. The minimum absolute atomic E-state index is 0.264. The van der Waals surface area contributed by atoms with Crippen molar-refractivity contribution in [2.75, 3.05) is 0 Å². The van der Waals surface area contributed by atoms with Crippen LogP contribution in [0.1, 0.15) is 17.7 Å². The summed E-state index contributed by atoms with van der Waals surface area (Å²) in [6.07, 6.45) is 0. The van der Waals surface area contributed by atoms with Crippen molar-refractivity contribution in [1.82, 2.24) is 4.98 Å². The number of benzene rings is 2. The van der Waals surface area contributed by atoms with Crippen molar-refractivity contribution in [3.8, 4) is 0 Å².